The van der Waals surface area contributed by atoms with Gasteiger partial charge >= 0.3 is 0 Å². The Morgan fingerprint density at radius 1 is 0.291 bits per heavy atom. The number of nitrogens with zero attached hydrogens (tertiary/aromatic N) is 3. The Labute approximate surface area is 314 Å². The van der Waals surface area contributed by atoms with Crippen LogP contribution in [0.15, 0.2) is 198 Å². The zero-order chi connectivity index (χ0) is 36.6. The Morgan fingerprint density at radius 3 is 1.38 bits per heavy atom. The molecular formula is C50H31N3O2. The van der Waals surface area contributed by atoms with Gasteiger partial charge in [0.2, 0.25) is 0 Å². The number of benzene rings is 8. The lowest BCUT2D eigenvalue weighted by Crippen LogP contribution is -2.28. The lowest BCUT2D eigenvalue weighted by atomic mass is 9.98. The highest BCUT2D eigenvalue weighted by atomic mass is 16.2. The molecule has 5 heteroatoms. The van der Waals surface area contributed by atoms with E-state index in [4.69, 9.17) is 0 Å². The second-order valence-corrected chi connectivity index (χ2v) is 14.0. The minimum absolute atomic E-state index is 0.357. The van der Waals surface area contributed by atoms with Gasteiger partial charge < -0.3 is 9.13 Å². The third-order valence-electron chi connectivity index (χ3n) is 11.0. The van der Waals surface area contributed by atoms with Crippen LogP contribution in [0.4, 0.5) is 0 Å². The van der Waals surface area contributed by atoms with Gasteiger partial charge in [0.25, 0.3) is 11.1 Å². The molecule has 55 heavy (non-hydrogen) atoms. The van der Waals surface area contributed by atoms with Crippen LogP contribution >= 0.6 is 0 Å². The Hall–Kier alpha value is -7.50. The average Bonchev–Trinajstić information content (AvgIpc) is 3.74. The van der Waals surface area contributed by atoms with Crippen molar-refractivity contribution in [2.24, 2.45) is 0 Å². The van der Waals surface area contributed by atoms with E-state index in [1.54, 1.807) is 0 Å². The summed E-state index contributed by atoms with van der Waals surface area (Å²) in [5.41, 5.74) is 7.85. The summed E-state index contributed by atoms with van der Waals surface area (Å²) in [5, 5.41) is 6.83. The molecule has 0 N–H and O–H groups in total. The van der Waals surface area contributed by atoms with Crippen LogP contribution in [-0.2, 0) is 0 Å². The summed E-state index contributed by atoms with van der Waals surface area (Å²) in [6, 6.07) is 63.2. The van der Waals surface area contributed by atoms with Gasteiger partial charge in [-0.2, -0.15) is 0 Å². The molecule has 0 bridgehead atoms. The first-order chi connectivity index (χ1) is 27.2. The van der Waals surface area contributed by atoms with Crippen molar-refractivity contribution < 1.29 is 0 Å². The third kappa shape index (κ3) is 4.60. The van der Waals surface area contributed by atoms with Crippen LogP contribution in [0.25, 0.3) is 93.3 Å². The van der Waals surface area contributed by atoms with Crippen LogP contribution in [-0.4, -0.2) is 13.7 Å². The summed E-state index contributed by atoms with van der Waals surface area (Å²) < 4.78 is 5.87. The standard InChI is InChI=1S/C50H31N3O2/c54-49-42-29-28-41-38-21-11-13-23-45(38)52(35-16-6-2-7-17-35)48(41)47(42)40-27-25-32(30-43(40)50(55)53(49)36-18-8-3-9-19-36)33-24-26-39-37-20-10-12-22-44(37)51(46(39)31-33)34-14-4-1-5-15-34/h1-31H. The number of para-hydroxylation sites is 5. The zero-order valence-corrected chi connectivity index (χ0v) is 29.6. The average molecular weight is 706 g/mol. The molecule has 0 saturated carbocycles. The van der Waals surface area contributed by atoms with E-state index in [2.05, 4.69) is 106 Å². The summed E-state index contributed by atoms with van der Waals surface area (Å²) in [7, 11) is 0. The Bertz CT molecular complexity index is 3450. The van der Waals surface area contributed by atoms with E-state index < -0.39 is 0 Å². The van der Waals surface area contributed by atoms with Crippen molar-refractivity contribution in [2.45, 2.75) is 0 Å². The van der Waals surface area contributed by atoms with Crippen molar-refractivity contribution in [1.82, 2.24) is 13.7 Å². The molecule has 0 saturated heterocycles. The van der Waals surface area contributed by atoms with Crippen LogP contribution in [0.2, 0.25) is 0 Å². The van der Waals surface area contributed by atoms with Crippen molar-refractivity contribution in [3.63, 3.8) is 0 Å². The molecule has 258 valence electrons. The second-order valence-electron chi connectivity index (χ2n) is 14.0. The van der Waals surface area contributed by atoms with E-state index in [0.29, 0.717) is 16.5 Å². The van der Waals surface area contributed by atoms with E-state index in [1.807, 2.05) is 91.0 Å². The topological polar surface area (TPSA) is 48.9 Å². The summed E-state index contributed by atoms with van der Waals surface area (Å²) in [4.78, 5) is 29.9. The summed E-state index contributed by atoms with van der Waals surface area (Å²) in [6.07, 6.45) is 0. The van der Waals surface area contributed by atoms with Gasteiger partial charge in [0.05, 0.1) is 33.1 Å². The molecule has 3 heterocycles. The van der Waals surface area contributed by atoms with Gasteiger partial charge in [-0.15, -0.1) is 0 Å². The van der Waals surface area contributed by atoms with Gasteiger partial charge in [-0.25, -0.2) is 4.57 Å². The van der Waals surface area contributed by atoms with Crippen LogP contribution in [0.3, 0.4) is 0 Å². The highest BCUT2D eigenvalue weighted by molar-refractivity contribution is 6.25. The quantitative estimate of drug-likeness (QED) is 0.183. The molecule has 11 aromatic rings. The normalized spacial score (nSPS) is 11.8. The monoisotopic (exact) mass is 705 g/mol. The van der Waals surface area contributed by atoms with Crippen LogP contribution < -0.4 is 11.1 Å². The number of rotatable bonds is 4. The van der Waals surface area contributed by atoms with Crippen molar-refractivity contribution in [3.8, 4) is 28.2 Å². The lowest BCUT2D eigenvalue weighted by molar-refractivity contribution is 0.976. The maximum atomic E-state index is 15.0. The predicted octanol–water partition coefficient (Wildman–Crippen LogP) is 11.4. The number of fused-ring (bicyclic) bond motifs is 10. The maximum Gasteiger partial charge on any atom is 0.266 e. The molecule has 0 aliphatic rings. The first-order valence-electron chi connectivity index (χ1n) is 18.4. The highest BCUT2D eigenvalue weighted by Crippen LogP contribution is 2.40. The molecule has 11 rings (SSSR count). The molecule has 0 atom stereocenters. The molecule has 0 spiro atoms. The van der Waals surface area contributed by atoms with Gasteiger partial charge in [-0.3, -0.25) is 9.59 Å². The van der Waals surface area contributed by atoms with E-state index in [0.717, 1.165) is 71.5 Å². The molecule has 0 unspecified atom stereocenters. The number of hydrogen-bond donors (Lipinski definition) is 0. The number of aromatic nitrogens is 3. The van der Waals surface area contributed by atoms with Crippen molar-refractivity contribution in [2.75, 3.05) is 0 Å². The minimum atomic E-state index is -0.362. The fraction of sp³-hybridized carbons (Fsp3) is 0. The van der Waals surface area contributed by atoms with Gasteiger partial charge in [0.1, 0.15) is 0 Å². The smallest absolute Gasteiger partial charge is 0.266 e. The molecule has 0 fully saturated rings. The first kappa shape index (κ1) is 31.1. The van der Waals surface area contributed by atoms with Gasteiger partial charge in [0.15, 0.2) is 0 Å². The lowest BCUT2D eigenvalue weighted by Gasteiger charge is -2.11. The highest BCUT2D eigenvalue weighted by Gasteiger charge is 2.21. The molecule has 0 aliphatic carbocycles. The largest absolute Gasteiger partial charge is 0.309 e. The van der Waals surface area contributed by atoms with E-state index in [9.17, 15) is 4.79 Å². The van der Waals surface area contributed by atoms with Crippen molar-refractivity contribution in [3.05, 3.63) is 209 Å². The molecule has 5 nitrogen and oxygen atoms in total. The predicted molar refractivity (Wildman–Crippen MR) is 227 cm³/mol. The minimum Gasteiger partial charge on any atom is -0.309 e. The molecule has 0 aliphatic heterocycles. The molecule has 0 radical (unpaired) electrons. The van der Waals surface area contributed by atoms with Crippen LogP contribution in [0, 0.1) is 0 Å². The summed E-state index contributed by atoms with van der Waals surface area (Å²) >= 11 is 0. The van der Waals surface area contributed by atoms with Crippen LogP contribution in [0.5, 0.6) is 0 Å². The van der Waals surface area contributed by atoms with E-state index in [1.165, 1.54) is 9.95 Å². The summed E-state index contributed by atoms with van der Waals surface area (Å²) in [5.74, 6) is 0. The fourth-order valence-electron chi connectivity index (χ4n) is 8.62. The Kier molecular flexibility index (Phi) is 6.79. The van der Waals surface area contributed by atoms with Gasteiger partial charge in [-0.05, 0) is 83.2 Å². The third-order valence-corrected chi connectivity index (χ3v) is 11.0. The molecular weight excluding hydrogens is 675 g/mol. The van der Waals surface area contributed by atoms with Gasteiger partial charge in [-0.1, -0.05) is 121 Å². The van der Waals surface area contributed by atoms with Crippen molar-refractivity contribution >= 4 is 65.2 Å². The molecule has 0 amide bonds. The maximum absolute atomic E-state index is 15.0. The van der Waals surface area contributed by atoms with E-state index in [-0.39, 0.29) is 11.1 Å². The SMILES string of the molecule is O=c1c2cc(-c3ccc4c5ccccc5n(-c5ccccc5)c4c3)ccc2c2c(ccc3c4ccccc4n(-c4ccccc4)c32)c(=O)n1-c1ccccc1. The van der Waals surface area contributed by atoms with E-state index >= 15 is 4.79 Å². The Morgan fingerprint density at radius 2 is 0.727 bits per heavy atom. The fourth-order valence-corrected chi connectivity index (χ4v) is 8.62. The van der Waals surface area contributed by atoms with Gasteiger partial charge in [0, 0.05) is 43.7 Å². The zero-order valence-electron chi connectivity index (χ0n) is 29.6. The molecule has 8 aromatic carbocycles. The van der Waals surface area contributed by atoms with Crippen molar-refractivity contribution in [1.29, 1.82) is 0 Å². The summed E-state index contributed by atoms with van der Waals surface area (Å²) in [6.45, 7) is 0. The Balaban J connectivity index is 1.28. The first-order valence-corrected chi connectivity index (χ1v) is 18.4. The molecule has 3 aromatic heterocycles. The van der Waals surface area contributed by atoms with Crippen LogP contribution in [0.1, 0.15) is 0 Å². The number of hydrogen-bond acceptors (Lipinski definition) is 2. The second kappa shape index (κ2) is 12.0.